The number of carbonyl (C=O) groups is 2. The van der Waals surface area contributed by atoms with Crippen molar-refractivity contribution >= 4 is 40.9 Å². The van der Waals surface area contributed by atoms with Gasteiger partial charge in [0.05, 0.1) is 12.0 Å². The minimum atomic E-state index is -0.425. The molecule has 1 aliphatic rings. The number of allylic oxidation sites excluding steroid dienone is 1. The van der Waals surface area contributed by atoms with Gasteiger partial charge in [0.15, 0.2) is 11.5 Å². The molecule has 1 aromatic heterocycles. The number of esters is 1. The normalized spacial score (nSPS) is 14.3. The summed E-state index contributed by atoms with van der Waals surface area (Å²) in [7, 11) is 1.51. The Bertz CT molecular complexity index is 1050. The van der Waals surface area contributed by atoms with E-state index in [9.17, 15) is 9.59 Å². The van der Waals surface area contributed by atoms with Gasteiger partial charge in [0.25, 0.3) is 0 Å². The molecule has 0 saturated carbocycles. The number of ketones is 1. The Morgan fingerprint density at radius 2 is 1.89 bits per heavy atom. The summed E-state index contributed by atoms with van der Waals surface area (Å²) in [5, 5.41) is 1.82. The van der Waals surface area contributed by atoms with Crippen molar-refractivity contribution in [2.24, 2.45) is 0 Å². The molecule has 2 heterocycles. The first kappa shape index (κ1) is 17.6. The molecule has 0 amide bonds. The van der Waals surface area contributed by atoms with E-state index >= 15 is 0 Å². The monoisotopic (exact) mass is 394 g/mol. The van der Waals surface area contributed by atoms with Crippen LogP contribution in [-0.4, -0.2) is 18.9 Å². The Hall–Kier alpha value is -2.83. The van der Waals surface area contributed by atoms with Crippen LogP contribution in [0.4, 0.5) is 0 Å². The quantitative estimate of drug-likeness (QED) is 0.341. The number of hydrogen-bond donors (Lipinski definition) is 0. The number of hydrogen-bond acceptors (Lipinski definition) is 6. The van der Waals surface area contributed by atoms with Crippen LogP contribution in [0.5, 0.6) is 11.5 Å². The number of rotatable bonds is 4. The number of benzene rings is 2. The fraction of sp³-hybridized carbons (Fsp3) is 0.0476. The van der Waals surface area contributed by atoms with Crippen LogP contribution in [0.3, 0.4) is 0 Å². The van der Waals surface area contributed by atoms with Gasteiger partial charge >= 0.3 is 5.97 Å². The van der Waals surface area contributed by atoms with E-state index in [-0.39, 0.29) is 5.78 Å². The van der Waals surface area contributed by atoms with Gasteiger partial charge in [-0.05, 0) is 47.4 Å². The van der Waals surface area contributed by atoms with Crippen molar-refractivity contribution in [3.05, 3.63) is 80.9 Å². The van der Waals surface area contributed by atoms with Gasteiger partial charge in [-0.2, -0.15) is 0 Å². The molecule has 0 aliphatic carbocycles. The van der Waals surface area contributed by atoms with Crippen molar-refractivity contribution in [3.63, 3.8) is 0 Å². The highest BCUT2D eigenvalue weighted by Gasteiger charge is 2.25. The lowest BCUT2D eigenvalue weighted by Gasteiger charge is -2.09. The zero-order valence-corrected chi connectivity index (χ0v) is 15.9. The minimum Gasteiger partial charge on any atom is -0.493 e. The molecule has 2 aromatic carbocycles. The van der Waals surface area contributed by atoms with Gasteiger partial charge < -0.3 is 9.47 Å². The fourth-order valence-electron chi connectivity index (χ4n) is 2.69. The highest BCUT2D eigenvalue weighted by molar-refractivity contribution is 8.04. The summed E-state index contributed by atoms with van der Waals surface area (Å²) in [5.41, 5.74) is 1.52. The maximum Gasteiger partial charge on any atom is 0.353 e. The van der Waals surface area contributed by atoms with E-state index in [0.29, 0.717) is 21.3 Å². The molecule has 4 rings (SSSR count). The predicted molar refractivity (Wildman–Crippen MR) is 107 cm³/mol. The molecule has 0 radical (unpaired) electrons. The van der Waals surface area contributed by atoms with Crippen molar-refractivity contribution < 1.29 is 19.1 Å². The lowest BCUT2D eigenvalue weighted by Crippen LogP contribution is -2.07. The highest BCUT2D eigenvalue weighted by atomic mass is 32.2. The van der Waals surface area contributed by atoms with E-state index in [2.05, 4.69) is 0 Å². The topological polar surface area (TPSA) is 52.6 Å². The summed E-state index contributed by atoms with van der Waals surface area (Å²) in [5.74, 6) is 0.364. The smallest absolute Gasteiger partial charge is 0.353 e. The van der Waals surface area contributed by atoms with Crippen LogP contribution in [0.15, 0.2) is 69.8 Å². The molecule has 0 spiro atoms. The van der Waals surface area contributed by atoms with Gasteiger partial charge in [0.2, 0.25) is 5.78 Å². The van der Waals surface area contributed by atoms with Crippen molar-refractivity contribution in [3.8, 4) is 11.5 Å². The van der Waals surface area contributed by atoms with E-state index in [0.717, 1.165) is 16.0 Å². The number of Topliss-reactive ketones (excluding diaryl/α,β-unsaturated/α-hetero) is 1. The first-order valence-electron chi connectivity index (χ1n) is 8.13. The molecule has 4 nitrogen and oxygen atoms in total. The molecule has 0 unspecified atom stereocenters. The van der Waals surface area contributed by atoms with Crippen LogP contribution in [0, 0.1) is 0 Å². The van der Waals surface area contributed by atoms with Gasteiger partial charge in [-0.25, -0.2) is 4.79 Å². The van der Waals surface area contributed by atoms with E-state index in [1.807, 2.05) is 35.7 Å². The van der Waals surface area contributed by atoms with E-state index in [1.54, 1.807) is 30.3 Å². The molecule has 27 heavy (non-hydrogen) atoms. The molecule has 0 bridgehead atoms. The molecular weight excluding hydrogens is 380 g/mol. The molecule has 0 fully saturated rings. The molecule has 3 aromatic rings. The van der Waals surface area contributed by atoms with Crippen LogP contribution >= 0.6 is 23.1 Å². The van der Waals surface area contributed by atoms with E-state index in [4.69, 9.17) is 9.47 Å². The zero-order valence-electron chi connectivity index (χ0n) is 14.3. The number of methoxy groups -OCH3 is 1. The second kappa shape index (κ2) is 7.42. The largest absolute Gasteiger partial charge is 0.493 e. The van der Waals surface area contributed by atoms with Gasteiger partial charge in [-0.3, -0.25) is 4.79 Å². The fourth-order valence-corrected chi connectivity index (χ4v) is 4.34. The van der Waals surface area contributed by atoms with Gasteiger partial charge in [-0.15, -0.1) is 11.3 Å². The summed E-state index contributed by atoms with van der Waals surface area (Å²) in [6.45, 7) is 0. The molecule has 6 heteroatoms. The van der Waals surface area contributed by atoms with Crippen LogP contribution < -0.4 is 9.47 Å². The SMILES string of the molecule is COc1cc(/C=C2\Sc3ccccc3C2=O)ccc1OC(=O)c1cccs1. The summed E-state index contributed by atoms with van der Waals surface area (Å²) in [6.07, 6.45) is 1.82. The lowest BCUT2D eigenvalue weighted by atomic mass is 10.1. The number of carbonyl (C=O) groups excluding carboxylic acids is 2. The third kappa shape index (κ3) is 3.54. The molecule has 134 valence electrons. The third-order valence-electron chi connectivity index (χ3n) is 3.99. The average Bonchev–Trinajstić information content (AvgIpc) is 3.32. The van der Waals surface area contributed by atoms with Crippen molar-refractivity contribution in [1.82, 2.24) is 0 Å². The summed E-state index contributed by atoms with van der Waals surface area (Å²) in [6, 6.07) is 16.3. The molecular formula is C21H14O4S2. The molecule has 0 atom stereocenters. The van der Waals surface area contributed by atoms with Gasteiger partial charge in [0, 0.05) is 10.5 Å². The molecule has 1 aliphatic heterocycles. The Morgan fingerprint density at radius 1 is 1.04 bits per heavy atom. The Balaban J connectivity index is 1.59. The van der Waals surface area contributed by atoms with Gasteiger partial charge in [-0.1, -0.05) is 36.0 Å². The highest BCUT2D eigenvalue weighted by Crippen LogP contribution is 2.41. The Morgan fingerprint density at radius 3 is 2.63 bits per heavy atom. The Labute approximate surface area is 164 Å². The lowest BCUT2D eigenvalue weighted by molar-refractivity contribution is 0.0734. The number of fused-ring (bicyclic) bond motifs is 1. The van der Waals surface area contributed by atoms with Crippen LogP contribution in [0.25, 0.3) is 6.08 Å². The van der Waals surface area contributed by atoms with E-state index < -0.39 is 5.97 Å². The van der Waals surface area contributed by atoms with Gasteiger partial charge in [0.1, 0.15) is 4.88 Å². The first-order valence-corrected chi connectivity index (χ1v) is 9.82. The molecule has 0 N–H and O–H groups in total. The zero-order chi connectivity index (χ0) is 18.8. The maximum absolute atomic E-state index is 12.5. The third-order valence-corrected chi connectivity index (χ3v) is 5.93. The molecule has 0 saturated heterocycles. The van der Waals surface area contributed by atoms with Crippen molar-refractivity contribution in [1.29, 1.82) is 0 Å². The Kier molecular flexibility index (Phi) is 4.83. The number of thiophene rings is 1. The van der Waals surface area contributed by atoms with Crippen molar-refractivity contribution in [2.45, 2.75) is 4.90 Å². The first-order chi connectivity index (χ1) is 13.2. The number of ether oxygens (including phenoxy) is 2. The van der Waals surface area contributed by atoms with Crippen LogP contribution in [-0.2, 0) is 0 Å². The van der Waals surface area contributed by atoms with Crippen molar-refractivity contribution in [2.75, 3.05) is 7.11 Å². The van der Waals surface area contributed by atoms with Crippen LogP contribution in [0.1, 0.15) is 25.6 Å². The summed E-state index contributed by atoms with van der Waals surface area (Å²) >= 11 is 2.77. The summed E-state index contributed by atoms with van der Waals surface area (Å²) < 4.78 is 10.8. The average molecular weight is 394 g/mol. The number of thioether (sulfide) groups is 1. The second-order valence-electron chi connectivity index (χ2n) is 5.71. The van der Waals surface area contributed by atoms with E-state index in [1.165, 1.54) is 30.2 Å². The standard InChI is InChI=1S/C21H14O4S2/c1-24-16-11-13(8-9-15(16)25-21(23)18-7-4-10-26-18)12-19-20(22)14-5-2-3-6-17(14)27-19/h2-12H,1H3/b19-12-. The predicted octanol–water partition coefficient (Wildman–Crippen LogP) is 5.31. The minimum absolute atomic E-state index is 0.0165. The second-order valence-corrected chi connectivity index (χ2v) is 7.74. The van der Waals surface area contributed by atoms with Crippen LogP contribution in [0.2, 0.25) is 0 Å². The summed E-state index contributed by atoms with van der Waals surface area (Å²) in [4.78, 5) is 26.8. The maximum atomic E-state index is 12.5.